The zero-order chi connectivity index (χ0) is 13.5. The standard InChI is InChI=1S/C11H14F2N2O3/c12-8-2-1-3-9(13)10(8)14-11(18)15(4-6-16)5-7-17/h1-3,16-17H,4-7H2,(H,14,18). The topological polar surface area (TPSA) is 72.8 Å². The van der Waals surface area contributed by atoms with Gasteiger partial charge >= 0.3 is 6.03 Å². The second-order valence-electron chi connectivity index (χ2n) is 3.46. The molecule has 0 aromatic heterocycles. The molecular weight excluding hydrogens is 246 g/mol. The molecule has 2 amide bonds. The van der Waals surface area contributed by atoms with E-state index in [1.165, 1.54) is 6.07 Å². The number of urea groups is 1. The first-order valence-electron chi connectivity index (χ1n) is 5.31. The summed E-state index contributed by atoms with van der Waals surface area (Å²) in [6.45, 7) is -0.703. The van der Waals surface area contributed by atoms with Gasteiger partial charge in [-0.15, -0.1) is 0 Å². The van der Waals surface area contributed by atoms with Crippen LogP contribution in [-0.4, -0.2) is 47.4 Å². The molecule has 18 heavy (non-hydrogen) atoms. The van der Waals surface area contributed by atoms with E-state index in [4.69, 9.17) is 10.2 Å². The second kappa shape index (κ2) is 6.87. The van der Waals surface area contributed by atoms with Gasteiger partial charge in [-0.2, -0.15) is 0 Å². The molecule has 0 spiro atoms. The average molecular weight is 260 g/mol. The van der Waals surface area contributed by atoms with Gasteiger partial charge < -0.3 is 20.4 Å². The summed E-state index contributed by atoms with van der Waals surface area (Å²) in [6.07, 6.45) is 0. The Labute approximate surface area is 103 Å². The highest BCUT2D eigenvalue weighted by Crippen LogP contribution is 2.18. The number of carbonyl (C=O) groups excluding carboxylic acids is 1. The van der Waals surface area contributed by atoms with E-state index in [0.717, 1.165) is 17.0 Å². The van der Waals surface area contributed by atoms with Gasteiger partial charge in [0.25, 0.3) is 0 Å². The molecule has 3 N–H and O–H groups in total. The zero-order valence-corrected chi connectivity index (χ0v) is 9.57. The molecule has 5 nitrogen and oxygen atoms in total. The average Bonchev–Trinajstić information content (AvgIpc) is 2.33. The van der Waals surface area contributed by atoms with E-state index in [1.54, 1.807) is 0 Å². The Morgan fingerprint density at radius 1 is 1.17 bits per heavy atom. The summed E-state index contributed by atoms with van der Waals surface area (Å²) in [6, 6.07) is 2.42. The van der Waals surface area contributed by atoms with Crippen molar-refractivity contribution in [2.75, 3.05) is 31.6 Å². The number of aliphatic hydroxyl groups is 2. The molecule has 0 saturated carbocycles. The molecule has 0 saturated heterocycles. The molecular formula is C11H14F2N2O3. The molecule has 0 atom stereocenters. The van der Waals surface area contributed by atoms with E-state index < -0.39 is 23.4 Å². The zero-order valence-electron chi connectivity index (χ0n) is 9.57. The second-order valence-corrected chi connectivity index (χ2v) is 3.46. The quantitative estimate of drug-likeness (QED) is 0.732. The molecule has 100 valence electrons. The third-order valence-corrected chi connectivity index (χ3v) is 2.22. The Morgan fingerprint density at radius 2 is 1.67 bits per heavy atom. The van der Waals surface area contributed by atoms with Gasteiger partial charge in [-0.1, -0.05) is 6.07 Å². The predicted molar refractivity (Wildman–Crippen MR) is 61.1 cm³/mol. The monoisotopic (exact) mass is 260 g/mol. The summed E-state index contributed by atoms with van der Waals surface area (Å²) in [7, 11) is 0. The van der Waals surface area contributed by atoms with Crippen LogP contribution in [0.4, 0.5) is 19.3 Å². The summed E-state index contributed by atoms with van der Waals surface area (Å²) in [4.78, 5) is 12.7. The van der Waals surface area contributed by atoms with E-state index in [2.05, 4.69) is 5.32 Å². The van der Waals surface area contributed by atoms with E-state index in [9.17, 15) is 13.6 Å². The molecule has 0 bridgehead atoms. The maximum Gasteiger partial charge on any atom is 0.322 e. The lowest BCUT2D eigenvalue weighted by Gasteiger charge is -2.21. The van der Waals surface area contributed by atoms with Gasteiger partial charge in [0.15, 0.2) is 0 Å². The Balaban J connectivity index is 2.79. The number of carbonyl (C=O) groups is 1. The van der Waals surface area contributed by atoms with Crippen molar-refractivity contribution in [2.45, 2.75) is 0 Å². The number of rotatable bonds is 5. The normalized spacial score (nSPS) is 10.2. The van der Waals surface area contributed by atoms with Crippen molar-refractivity contribution in [3.8, 4) is 0 Å². The lowest BCUT2D eigenvalue weighted by molar-refractivity contribution is 0.167. The fourth-order valence-electron chi connectivity index (χ4n) is 1.36. The molecule has 0 aliphatic heterocycles. The first-order valence-corrected chi connectivity index (χ1v) is 5.31. The minimum atomic E-state index is -0.892. The van der Waals surface area contributed by atoms with E-state index in [1.807, 2.05) is 0 Å². The molecule has 0 fully saturated rings. The molecule has 0 aliphatic carbocycles. The van der Waals surface area contributed by atoms with Gasteiger partial charge in [0.2, 0.25) is 0 Å². The third kappa shape index (κ3) is 3.64. The van der Waals surface area contributed by atoms with E-state index in [-0.39, 0.29) is 26.3 Å². The number of aliphatic hydroxyl groups excluding tert-OH is 2. The van der Waals surface area contributed by atoms with Crippen LogP contribution in [-0.2, 0) is 0 Å². The van der Waals surface area contributed by atoms with Crippen molar-refractivity contribution in [3.63, 3.8) is 0 Å². The molecule has 1 rings (SSSR count). The number of anilines is 1. The minimum absolute atomic E-state index is 0.0392. The molecule has 0 heterocycles. The summed E-state index contributed by atoms with van der Waals surface area (Å²) in [5.41, 5.74) is -0.552. The van der Waals surface area contributed by atoms with Crippen LogP contribution >= 0.6 is 0 Å². The van der Waals surface area contributed by atoms with Crippen molar-refractivity contribution >= 4 is 11.7 Å². The van der Waals surface area contributed by atoms with Crippen molar-refractivity contribution in [2.24, 2.45) is 0 Å². The molecule has 1 aromatic carbocycles. The Hall–Kier alpha value is -1.73. The number of nitrogens with zero attached hydrogens (tertiary/aromatic N) is 1. The van der Waals surface area contributed by atoms with Crippen molar-refractivity contribution in [1.29, 1.82) is 0 Å². The fourth-order valence-corrected chi connectivity index (χ4v) is 1.36. The van der Waals surface area contributed by atoms with Crippen LogP contribution in [0.15, 0.2) is 18.2 Å². The summed E-state index contributed by atoms with van der Waals surface area (Å²) in [5.74, 6) is -1.78. The van der Waals surface area contributed by atoms with Gasteiger partial charge in [0.1, 0.15) is 17.3 Å². The molecule has 0 radical (unpaired) electrons. The number of hydrogen-bond donors (Lipinski definition) is 3. The number of benzene rings is 1. The number of amides is 2. The van der Waals surface area contributed by atoms with Crippen LogP contribution in [0.25, 0.3) is 0 Å². The lowest BCUT2D eigenvalue weighted by atomic mass is 10.3. The van der Waals surface area contributed by atoms with Crippen LogP contribution in [0.1, 0.15) is 0 Å². The Bertz CT molecular complexity index is 389. The molecule has 0 aliphatic rings. The molecule has 0 unspecified atom stereocenters. The van der Waals surface area contributed by atoms with Crippen molar-refractivity contribution in [3.05, 3.63) is 29.8 Å². The van der Waals surface area contributed by atoms with Crippen LogP contribution < -0.4 is 5.32 Å². The predicted octanol–water partition coefficient (Wildman–Crippen LogP) is 0.783. The maximum atomic E-state index is 13.3. The van der Waals surface area contributed by atoms with Gasteiger partial charge in [0.05, 0.1) is 13.2 Å². The number of hydrogen-bond acceptors (Lipinski definition) is 3. The summed E-state index contributed by atoms with van der Waals surface area (Å²) >= 11 is 0. The maximum absolute atomic E-state index is 13.3. The molecule has 1 aromatic rings. The van der Waals surface area contributed by atoms with Crippen LogP contribution in [0, 0.1) is 11.6 Å². The van der Waals surface area contributed by atoms with Crippen LogP contribution in [0.2, 0.25) is 0 Å². The smallest absolute Gasteiger partial charge is 0.322 e. The van der Waals surface area contributed by atoms with Gasteiger partial charge in [-0.3, -0.25) is 0 Å². The highest BCUT2D eigenvalue weighted by molar-refractivity contribution is 5.89. The summed E-state index contributed by atoms with van der Waals surface area (Å²) < 4.78 is 26.5. The van der Waals surface area contributed by atoms with Gasteiger partial charge in [0, 0.05) is 13.1 Å². The fraction of sp³-hybridized carbons (Fsp3) is 0.364. The van der Waals surface area contributed by atoms with Crippen molar-refractivity contribution < 1.29 is 23.8 Å². The minimum Gasteiger partial charge on any atom is -0.395 e. The Morgan fingerprint density at radius 3 is 2.11 bits per heavy atom. The lowest BCUT2D eigenvalue weighted by Crippen LogP contribution is -2.39. The van der Waals surface area contributed by atoms with Crippen molar-refractivity contribution in [1.82, 2.24) is 4.90 Å². The Kier molecular flexibility index (Phi) is 5.47. The summed E-state index contributed by atoms with van der Waals surface area (Å²) in [5, 5.41) is 19.5. The highest BCUT2D eigenvalue weighted by atomic mass is 19.1. The number of nitrogens with one attached hydrogen (secondary N) is 1. The SMILES string of the molecule is O=C(Nc1c(F)cccc1F)N(CCO)CCO. The van der Waals surface area contributed by atoms with Gasteiger partial charge in [-0.05, 0) is 12.1 Å². The third-order valence-electron chi connectivity index (χ3n) is 2.22. The number of para-hydroxylation sites is 1. The first kappa shape index (κ1) is 14.3. The van der Waals surface area contributed by atoms with E-state index in [0.29, 0.717) is 0 Å². The highest BCUT2D eigenvalue weighted by Gasteiger charge is 2.16. The van der Waals surface area contributed by atoms with Gasteiger partial charge in [-0.25, -0.2) is 13.6 Å². The first-order chi connectivity index (χ1) is 8.60. The van der Waals surface area contributed by atoms with Crippen LogP contribution in [0.5, 0.6) is 0 Å². The van der Waals surface area contributed by atoms with Crippen LogP contribution in [0.3, 0.4) is 0 Å². The largest absolute Gasteiger partial charge is 0.395 e. The number of halogens is 2. The molecule has 7 heteroatoms. The van der Waals surface area contributed by atoms with E-state index >= 15 is 0 Å².